The number of nitrogens with one attached hydrogen (secondary N) is 2. The Bertz CT molecular complexity index is 1290. The zero-order valence-electron chi connectivity index (χ0n) is 16.0. The van der Waals surface area contributed by atoms with Crippen LogP contribution in [-0.4, -0.2) is 45.7 Å². The molecule has 4 aromatic rings. The fourth-order valence-electron chi connectivity index (χ4n) is 2.93. The number of nitrogens with zero attached hydrogens (tertiary/aromatic N) is 7. The molecule has 0 aliphatic heterocycles. The number of anilines is 2. The molecule has 166 valence electrons. The minimum atomic E-state index is -4.78. The first-order chi connectivity index (χ1) is 15.1. The van der Waals surface area contributed by atoms with Gasteiger partial charge in [-0.25, -0.2) is 19.3 Å². The fraction of sp³-hybridized carbons (Fsp3) is 0.176. The lowest BCUT2D eigenvalue weighted by Gasteiger charge is -2.16. The van der Waals surface area contributed by atoms with E-state index in [0.29, 0.717) is 11.7 Å². The third kappa shape index (κ3) is 4.17. The van der Waals surface area contributed by atoms with Gasteiger partial charge in [-0.15, -0.1) is 4.80 Å². The molecule has 0 saturated heterocycles. The standard InChI is InChI=1S/C17H13ClF3N9O2/c1-8(31)14-11(7-22-13-5-12(18)28-29(13)14)27-16(32)26-9-4-10(17(19,20)21)15(23-6-9)30-24-2-3-25-30/h2-8,31H,1H3,(H2,26,27,32)/t8-/m1/s1. The Kier molecular flexibility index (Phi) is 5.40. The number of aliphatic hydroxyl groups is 1. The number of hydrogen-bond acceptors (Lipinski definition) is 7. The van der Waals surface area contributed by atoms with Crippen molar-refractivity contribution < 1.29 is 23.1 Å². The molecule has 0 unspecified atom stereocenters. The molecule has 32 heavy (non-hydrogen) atoms. The highest BCUT2D eigenvalue weighted by atomic mass is 35.5. The Morgan fingerprint density at radius 2 is 1.88 bits per heavy atom. The highest BCUT2D eigenvalue weighted by Gasteiger charge is 2.36. The summed E-state index contributed by atoms with van der Waals surface area (Å²) in [4.78, 5) is 21.0. The molecule has 0 radical (unpaired) electrons. The molecule has 1 atom stereocenters. The molecule has 4 aromatic heterocycles. The molecule has 0 aromatic carbocycles. The summed E-state index contributed by atoms with van der Waals surface area (Å²) >= 11 is 5.86. The number of halogens is 4. The molecule has 4 rings (SSSR count). The Labute approximate surface area is 181 Å². The predicted octanol–water partition coefficient (Wildman–Crippen LogP) is 3.07. The van der Waals surface area contributed by atoms with Crippen molar-refractivity contribution in [2.75, 3.05) is 10.6 Å². The van der Waals surface area contributed by atoms with Crippen LogP contribution in [0.4, 0.5) is 29.3 Å². The summed E-state index contributed by atoms with van der Waals surface area (Å²) in [5.74, 6) is -0.546. The quantitative estimate of drug-likeness (QED) is 0.419. The molecule has 0 saturated carbocycles. The Balaban J connectivity index is 1.62. The predicted molar refractivity (Wildman–Crippen MR) is 105 cm³/mol. The van der Waals surface area contributed by atoms with E-state index in [4.69, 9.17) is 11.6 Å². The van der Waals surface area contributed by atoms with Crippen molar-refractivity contribution in [3.63, 3.8) is 0 Å². The molecule has 15 heteroatoms. The second-order valence-corrected chi connectivity index (χ2v) is 6.85. The topological polar surface area (TPSA) is 135 Å². The average Bonchev–Trinajstić information content (AvgIpc) is 3.35. The van der Waals surface area contributed by atoms with Crippen molar-refractivity contribution in [1.82, 2.24) is 34.6 Å². The van der Waals surface area contributed by atoms with E-state index in [1.165, 1.54) is 36.1 Å². The van der Waals surface area contributed by atoms with E-state index in [1.54, 1.807) is 0 Å². The minimum absolute atomic E-state index is 0.0751. The first-order valence-corrected chi connectivity index (χ1v) is 9.25. The van der Waals surface area contributed by atoms with E-state index in [1.807, 2.05) is 0 Å². The third-order valence-electron chi connectivity index (χ3n) is 4.17. The number of amides is 2. The number of aromatic nitrogens is 7. The first-order valence-electron chi connectivity index (χ1n) is 8.87. The summed E-state index contributed by atoms with van der Waals surface area (Å²) in [5, 5.41) is 26.2. The van der Waals surface area contributed by atoms with Gasteiger partial charge >= 0.3 is 12.2 Å². The summed E-state index contributed by atoms with van der Waals surface area (Å²) in [6.45, 7) is 1.44. The number of aliphatic hydroxyl groups excluding tert-OH is 1. The maximum atomic E-state index is 13.5. The zero-order valence-corrected chi connectivity index (χ0v) is 16.8. The van der Waals surface area contributed by atoms with Crippen LogP contribution in [0.25, 0.3) is 11.5 Å². The molecule has 0 aliphatic carbocycles. The van der Waals surface area contributed by atoms with Gasteiger partial charge in [0.2, 0.25) is 0 Å². The first kappa shape index (κ1) is 21.5. The van der Waals surface area contributed by atoms with Crippen LogP contribution < -0.4 is 10.6 Å². The smallest absolute Gasteiger partial charge is 0.387 e. The number of urea groups is 1. The molecule has 11 nitrogen and oxygen atoms in total. The fourth-order valence-corrected chi connectivity index (χ4v) is 3.10. The van der Waals surface area contributed by atoms with E-state index < -0.39 is 29.7 Å². The number of pyridine rings is 1. The van der Waals surface area contributed by atoms with E-state index >= 15 is 0 Å². The van der Waals surface area contributed by atoms with Gasteiger partial charge in [0.15, 0.2) is 16.6 Å². The number of fused-ring (bicyclic) bond motifs is 1. The van der Waals surface area contributed by atoms with E-state index in [2.05, 4.69) is 35.9 Å². The van der Waals surface area contributed by atoms with Crippen LogP contribution in [0.2, 0.25) is 5.15 Å². The van der Waals surface area contributed by atoms with Crippen molar-refractivity contribution >= 4 is 34.7 Å². The summed E-state index contributed by atoms with van der Waals surface area (Å²) in [5.41, 5.74) is -0.804. The Morgan fingerprint density at radius 3 is 2.53 bits per heavy atom. The Hall–Kier alpha value is -3.78. The summed E-state index contributed by atoms with van der Waals surface area (Å²) in [7, 11) is 0. The third-order valence-corrected chi connectivity index (χ3v) is 4.36. The van der Waals surface area contributed by atoms with Gasteiger partial charge in [-0.3, -0.25) is 0 Å². The number of carbonyl (C=O) groups excluding carboxylic acids is 1. The van der Waals surface area contributed by atoms with Crippen LogP contribution in [0.15, 0.2) is 36.9 Å². The normalized spacial score (nSPS) is 12.7. The summed E-state index contributed by atoms with van der Waals surface area (Å²) < 4.78 is 41.8. The lowest BCUT2D eigenvalue weighted by Crippen LogP contribution is -2.23. The SMILES string of the molecule is C[C@@H](O)c1c(NC(=O)Nc2cnc(-n3nccn3)c(C(F)(F)F)c2)cnc2cc(Cl)nn12. The second kappa shape index (κ2) is 8.05. The molecule has 3 N–H and O–H groups in total. The monoisotopic (exact) mass is 467 g/mol. The molecule has 2 amide bonds. The van der Waals surface area contributed by atoms with Gasteiger partial charge in [0.25, 0.3) is 0 Å². The van der Waals surface area contributed by atoms with Gasteiger partial charge in [-0.2, -0.15) is 28.5 Å². The lowest BCUT2D eigenvalue weighted by molar-refractivity contribution is -0.137. The highest BCUT2D eigenvalue weighted by molar-refractivity contribution is 6.29. The molecule has 0 bridgehead atoms. The molecule has 0 fully saturated rings. The molecule has 0 aliphatic rings. The minimum Gasteiger partial charge on any atom is -0.387 e. The van der Waals surface area contributed by atoms with Crippen LogP contribution >= 0.6 is 11.6 Å². The van der Waals surface area contributed by atoms with Crippen LogP contribution in [0, 0.1) is 0 Å². The highest BCUT2D eigenvalue weighted by Crippen LogP contribution is 2.34. The van der Waals surface area contributed by atoms with Gasteiger partial charge in [-0.05, 0) is 13.0 Å². The largest absolute Gasteiger partial charge is 0.420 e. The van der Waals surface area contributed by atoms with Crippen molar-refractivity contribution in [2.45, 2.75) is 19.2 Å². The molecule has 4 heterocycles. The van der Waals surface area contributed by atoms with Gasteiger partial charge < -0.3 is 15.7 Å². The molecule has 0 spiro atoms. The number of alkyl halides is 3. The second-order valence-electron chi connectivity index (χ2n) is 6.46. The number of rotatable bonds is 4. The van der Waals surface area contributed by atoms with Gasteiger partial charge in [-0.1, -0.05) is 11.6 Å². The van der Waals surface area contributed by atoms with Gasteiger partial charge in [0, 0.05) is 6.07 Å². The van der Waals surface area contributed by atoms with Crippen LogP contribution in [-0.2, 0) is 6.18 Å². The number of hydrogen-bond donors (Lipinski definition) is 3. The summed E-state index contributed by atoms with van der Waals surface area (Å²) in [6.07, 6.45) is -1.15. The zero-order chi connectivity index (χ0) is 23.0. The van der Waals surface area contributed by atoms with Crippen molar-refractivity contribution in [3.8, 4) is 5.82 Å². The maximum Gasteiger partial charge on any atom is 0.420 e. The van der Waals surface area contributed by atoms with E-state index in [-0.39, 0.29) is 22.2 Å². The maximum absolute atomic E-state index is 13.5. The van der Waals surface area contributed by atoms with E-state index in [0.717, 1.165) is 11.0 Å². The van der Waals surface area contributed by atoms with E-state index in [9.17, 15) is 23.1 Å². The van der Waals surface area contributed by atoms with Crippen molar-refractivity contribution in [3.05, 3.63) is 53.3 Å². The van der Waals surface area contributed by atoms with Gasteiger partial charge in [0.1, 0.15) is 5.56 Å². The van der Waals surface area contributed by atoms with Crippen molar-refractivity contribution in [1.29, 1.82) is 0 Å². The molecular weight excluding hydrogens is 455 g/mol. The van der Waals surface area contributed by atoms with Crippen LogP contribution in [0.5, 0.6) is 0 Å². The van der Waals surface area contributed by atoms with Gasteiger partial charge in [0.05, 0.1) is 48.0 Å². The van der Waals surface area contributed by atoms with Crippen LogP contribution in [0.1, 0.15) is 24.3 Å². The average molecular weight is 468 g/mol. The lowest BCUT2D eigenvalue weighted by atomic mass is 10.2. The summed E-state index contributed by atoms with van der Waals surface area (Å²) in [6, 6.07) is 1.26. The molecular formula is C17H13ClF3N9O2. The van der Waals surface area contributed by atoms with Crippen LogP contribution in [0.3, 0.4) is 0 Å². The Morgan fingerprint density at radius 1 is 1.16 bits per heavy atom. The number of carbonyl (C=O) groups is 1. The van der Waals surface area contributed by atoms with Crippen molar-refractivity contribution in [2.24, 2.45) is 0 Å².